The molecule has 1 N–H and O–H groups in total. The first kappa shape index (κ1) is 14.7. The Hall–Kier alpha value is -2.86. The molecule has 0 bridgehead atoms. The SMILES string of the molecule is Cc1cc(-c2ccc(-c3nc4ccc(Cl)nc4[nH]3)cn2)cnc1F. The summed E-state index contributed by atoms with van der Waals surface area (Å²) in [5.41, 5.74) is 4.14. The predicted molar refractivity (Wildman–Crippen MR) is 90.1 cm³/mol. The van der Waals surface area contributed by atoms with Crippen LogP contribution in [-0.4, -0.2) is 24.9 Å². The summed E-state index contributed by atoms with van der Waals surface area (Å²) in [7, 11) is 0. The van der Waals surface area contributed by atoms with E-state index >= 15 is 0 Å². The Balaban J connectivity index is 1.70. The highest BCUT2D eigenvalue weighted by Gasteiger charge is 2.09. The van der Waals surface area contributed by atoms with Crippen LogP contribution in [0.1, 0.15) is 5.56 Å². The maximum Gasteiger partial charge on any atom is 0.215 e. The number of imidazole rings is 1. The van der Waals surface area contributed by atoms with Crippen LogP contribution in [0.3, 0.4) is 0 Å². The van der Waals surface area contributed by atoms with Gasteiger partial charge in [0.25, 0.3) is 0 Å². The van der Waals surface area contributed by atoms with Gasteiger partial charge in [0.2, 0.25) is 5.95 Å². The quantitative estimate of drug-likeness (QED) is 0.556. The van der Waals surface area contributed by atoms with Crippen molar-refractivity contribution in [3.63, 3.8) is 0 Å². The number of nitrogens with one attached hydrogen (secondary N) is 1. The Kier molecular flexibility index (Phi) is 3.46. The fraction of sp³-hybridized carbons (Fsp3) is 0.0588. The van der Waals surface area contributed by atoms with E-state index in [2.05, 4.69) is 24.9 Å². The van der Waals surface area contributed by atoms with Crippen molar-refractivity contribution in [1.82, 2.24) is 24.9 Å². The Morgan fingerprint density at radius 3 is 2.58 bits per heavy atom. The molecule has 0 saturated heterocycles. The van der Waals surface area contributed by atoms with Crippen molar-refractivity contribution in [3.05, 3.63) is 59.4 Å². The third kappa shape index (κ3) is 2.61. The number of pyridine rings is 3. The second-order valence-corrected chi connectivity index (χ2v) is 5.74. The van der Waals surface area contributed by atoms with Crippen molar-refractivity contribution in [1.29, 1.82) is 0 Å². The zero-order valence-electron chi connectivity index (χ0n) is 12.6. The molecule has 0 radical (unpaired) electrons. The van der Waals surface area contributed by atoms with Crippen LogP contribution in [0.25, 0.3) is 33.8 Å². The first-order valence-electron chi connectivity index (χ1n) is 7.21. The van der Waals surface area contributed by atoms with Crippen LogP contribution in [0.4, 0.5) is 4.39 Å². The number of aryl methyl sites for hydroxylation is 1. The van der Waals surface area contributed by atoms with Crippen LogP contribution in [-0.2, 0) is 0 Å². The minimum atomic E-state index is -0.469. The van der Waals surface area contributed by atoms with E-state index in [4.69, 9.17) is 11.6 Å². The Bertz CT molecular complexity index is 1040. The molecule has 118 valence electrons. The minimum absolute atomic E-state index is 0.408. The van der Waals surface area contributed by atoms with Gasteiger partial charge in [0, 0.05) is 29.1 Å². The first-order valence-corrected chi connectivity index (χ1v) is 7.59. The van der Waals surface area contributed by atoms with Crippen LogP contribution in [0, 0.1) is 12.9 Å². The van der Waals surface area contributed by atoms with Gasteiger partial charge in [0.1, 0.15) is 16.5 Å². The number of H-pyrrole nitrogens is 1. The highest BCUT2D eigenvalue weighted by molar-refractivity contribution is 6.29. The van der Waals surface area contributed by atoms with Crippen LogP contribution < -0.4 is 0 Å². The van der Waals surface area contributed by atoms with Gasteiger partial charge in [-0.25, -0.2) is 15.0 Å². The fourth-order valence-electron chi connectivity index (χ4n) is 2.41. The molecule has 0 saturated carbocycles. The van der Waals surface area contributed by atoms with Gasteiger partial charge in [0.15, 0.2) is 5.65 Å². The topological polar surface area (TPSA) is 67.3 Å². The summed E-state index contributed by atoms with van der Waals surface area (Å²) in [4.78, 5) is 19.9. The molecule has 4 rings (SSSR count). The third-order valence-electron chi connectivity index (χ3n) is 3.66. The van der Waals surface area contributed by atoms with Crippen LogP contribution in [0.15, 0.2) is 42.7 Å². The molecule has 0 fully saturated rings. The summed E-state index contributed by atoms with van der Waals surface area (Å²) in [6.45, 7) is 1.67. The lowest BCUT2D eigenvalue weighted by Gasteiger charge is -2.03. The number of hydrogen-bond acceptors (Lipinski definition) is 4. The third-order valence-corrected chi connectivity index (χ3v) is 3.87. The summed E-state index contributed by atoms with van der Waals surface area (Å²) < 4.78 is 13.3. The summed E-state index contributed by atoms with van der Waals surface area (Å²) in [5, 5.41) is 0.408. The Morgan fingerprint density at radius 2 is 1.83 bits per heavy atom. The van der Waals surface area contributed by atoms with Gasteiger partial charge < -0.3 is 4.98 Å². The standard InChI is InChI=1S/C17H11ClFN5/c1-9-6-11(8-21-15(9)19)12-3-2-10(7-20-12)16-22-13-4-5-14(18)23-17(13)24-16/h2-8H,1H3,(H,22,23,24). The van der Waals surface area contributed by atoms with E-state index in [9.17, 15) is 4.39 Å². The lowest BCUT2D eigenvalue weighted by Crippen LogP contribution is -1.91. The van der Waals surface area contributed by atoms with Gasteiger partial charge in [-0.05, 0) is 37.3 Å². The van der Waals surface area contributed by atoms with Crippen molar-refractivity contribution < 1.29 is 4.39 Å². The Labute approximate surface area is 141 Å². The van der Waals surface area contributed by atoms with Gasteiger partial charge >= 0.3 is 0 Å². The van der Waals surface area contributed by atoms with Crippen molar-refractivity contribution in [2.24, 2.45) is 0 Å². The van der Waals surface area contributed by atoms with Crippen molar-refractivity contribution in [3.8, 4) is 22.6 Å². The van der Waals surface area contributed by atoms with Gasteiger partial charge in [0.05, 0.1) is 5.69 Å². The average molecular weight is 340 g/mol. The summed E-state index contributed by atoms with van der Waals surface area (Å²) in [6.07, 6.45) is 3.17. The van der Waals surface area contributed by atoms with E-state index in [1.54, 1.807) is 31.3 Å². The highest BCUT2D eigenvalue weighted by atomic mass is 35.5. The normalized spacial score (nSPS) is 11.1. The molecule has 0 aliphatic carbocycles. The predicted octanol–water partition coefficient (Wildman–Crippen LogP) is 4.18. The molecular formula is C17H11ClFN5. The molecule has 0 aromatic carbocycles. The lowest BCUT2D eigenvalue weighted by molar-refractivity contribution is 0.575. The minimum Gasteiger partial charge on any atom is -0.323 e. The zero-order valence-corrected chi connectivity index (χ0v) is 13.3. The van der Waals surface area contributed by atoms with E-state index in [0.29, 0.717) is 27.9 Å². The maximum absolute atomic E-state index is 13.3. The van der Waals surface area contributed by atoms with Crippen molar-refractivity contribution >= 4 is 22.8 Å². The fourth-order valence-corrected chi connectivity index (χ4v) is 2.56. The van der Waals surface area contributed by atoms with E-state index in [1.807, 2.05) is 12.1 Å². The molecule has 0 amide bonds. The smallest absolute Gasteiger partial charge is 0.215 e. The van der Waals surface area contributed by atoms with E-state index in [-0.39, 0.29) is 0 Å². The molecular weight excluding hydrogens is 329 g/mol. The molecule has 24 heavy (non-hydrogen) atoms. The maximum atomic E-state index is 13.3. The van der Waals surface area contributed by atoms with Crippen molar-refractivity contribution in [2.45, 2.75) is 6.92 Å². The number of nitrogens with zero attached hydrogens (tertiary/aromatic N) is 4. The first-order chi connectivity index (χ1) is 11.6. The number of hydrogen-bond donors (Lipinski definition) is 1. The molecule has 0 atom stereocenters. The average Bonchev–Trinajstić information content (AvgIpc) is 3.00. The number of fused-ring (bicyclic) bond motifs is 1. The molecule has 0 aliphatic heterocycles. The molecule has 5 nitrogen and oxygen atoms in total. The molecule has 4 heterocycles. The molecule has 4 aromatic rings. The van der Waals surface area contributed by atoms with Crippen LogP contribution >= 0.6 is 11.6 Å². The van der Waals surface area contributed by atoms with Gasteiger partial charge in [-0.2, -0.15) is 4.39 Å². The van der Waals surface area contributed by atoms with Gasteiger partial charge in [-0.1, -0.05) is 11.6 Å². The molecule has 4 aromatic heterocycles. The van der Waals surface area contributed by atoms with Crippen LogP contribution in [0.5, 0.6) is 0 Å². The Morgan fingerprint density at radius 1 is 1.00 bits per heavy atom. The summed E-state index contributed by atoms with van der Waals surface area (Å²) >= 11 is 5.88. The summed E-state index contributed by atoms with van der Waals surface area (Å²) in [5.74, 6) is 0.191. The molecule has 0 unspecified atom stereocenters. The molecule has 0 aliphatic rings. The monoisotopic (exact) mass is 339 g/mol. The number of aromatic nitrogens is 5. The second-order valence-electron chi connectivity index (χ2n) is 5.35. The van der Waals surface area contributed by atoms with Crippen molar-refractivity contribution in [2.75, 3.05) is 0 Å². The number of halogens is 2. The zero-order chi connectivity index (χ0) is 16.7. The largest absolute Gasteiger partial charge is 0.323 e. The molecule has 0 spiro atoms. The van der Waals surface area contributed by atoms with E-state index in [0.717, 1.165) is 16.6 Å². The second kappa shape index (κ2) is 5.65. The van der Waals surface area contributed by atoms with Crippen LogP contribution in [0.2, 0.25) is 5.15 Å². The van der Waals surface area contributed by atoms with E-state index < -0.39 is 5.95 Å². The number of rotatable bonds is 2. The summed E-state index contributed by atoms with van der Waals surface area (Å²) in [6, 6.07) is 8.95. The van der Waals surface area contributed by atoms with E-state index in [1.165, 1.54) is 6.20 Å². The number of aromatic amines is 1. The van der Waals surface area contributed by atoms with Gasteiger partial charge in [-0.15, -0.1) is 0 Å². The molecule has 7 heteroatoms. The lowest BCUT2D eigenvalue weighted by atomic mass is 10.1. The highest BCUT2D eigenvalue weighted by Crippen LogP contribution is 2.23. The van der Waals surface area contributed by atoms with Gasteiger partial charge in [-0.3, -0.25) is 4.98 Å².